The summed E-state index contributed by atoms with van der Waals surface area (Å²) in [5.74, 6) is -0.246. The third kappa shape index (κ3) is 2.23. The lowest BCUT2D eigenvalue weighted by Crippen LogP contribution is -1.83. The van der Waals surface area contributed by atoms with E-state index in [0.717, 1.165) is 32.4 Å². The van der Waals surface area contributed by atoms with E-state index in [1.807, 2.05) is 13.0 Å². The topological polar surface area (TPSA) is 17.1 Å². The van der Waals surface area contributed by atoms with Crippen LogP contribution in [-0.2, 0) is 0 Å². The van der Waals surface area contributed by atoms with Crippen LogP contribution in [0.3, 0.4) is 0 Å². The maximum Gasteiger partial charge on any atom is 0.150 e. The SMILES string of the molecule is Cc1c(-c2cc(Cl)cc(C=O)c2)sc2ccc(F)cc12. The normalized spacial score (nSPS) is 10.9. The molecule has 3 aromatic rings. The van der Waals surface area contributed by atoms with Crippen LogP contribution in [0.1, 0.15) is 15.9 Å². The fraction of sp³-hybridized carbons (Fsp3) is 0.0625. The molecule has 0 fully saturated rings. The molecule has 0 aliphatic rings. The summed E-state index contributed by atoms with van der Waals surface area (Å²) in [7, 11) is 0. The van der Waals surface area contributed by atoms with Crippen molar-refractivity contribution in [1.29, 1.82) is 0 Å². The van der Waals surface area contributed by atoms with E-state index in [2.05, 4.69) is 0 Å². The lowest BCUT2D eigenvalue weighted by atomic mass is 10.1. The summed E-state index contributed by atoms with van der Waals surface area (Å²) in [5, 5.41) is 1.42. The summed E-state index contributed by atoms with van der Waals surface area (Å²) in [5.41, 5.74) is 2.43. The van der Waals surface area contributed by atoms with Crippen LogP contribution >= 0.6 is 22.9 Å². The number of thiophene rings is 1. The van der Waals surface area contributed by atoms with Crippen molar-refractivity contribution in [2.45, 2.75) is 6.92 Å². The highest BCUT2D eigenvalue weighted by atomic mass is 35.5. The zero-order chi connectivity index (χ0) is 14.3. The van der Waals surface area contributed by atoms with Gasteiger partial charge in [0.2, 0.25) is 0 Å². The van der Waals surface area contributed by atoms with Gasteiger partial charge in [0.15, 0.2) is 0 Å². The summed E-state index contributed by atoms with van der Waals surface area (Å²) in [6.45, 7) is 1.95. The fourth-order valence-electron chi connectivity index (χ4n) is 2.28. The summed E-state index contributed by atoms with van der Waals surface area (Å²) < 4.78 is 14.4. The third-order valence-electron chi connectivity index (χ3n) is 3.22. The van der Waals surface area contributed by atoms with E-state index in [4.69, 9.17) is 11.6 Å². The number of carbonyl (C=O) groups is 1. The van der Waals surface area contributed by atoms with E-state index in [0.29, 0.717) is 10.6 Å². The number of carbonyl (C=O) groups excluding carboxylic acids is 1. The minimum Gasteiger partial charge on any atom is -0.298 e. The molecule has 4 heteroatoms. The lowest BCUT2D eigenvalue weighted by Gasteiger charge is -2.02. The average Bonchev–Trinajstić information content (AvgIpc) is 2.75. The van der Waals surface area contributed by atoms with Crippen molar-refractivity contribution in [3.8, 4) is 10.4 Å². The molecule has 1 aromatic heterocycles. The maximum atomic E-state index is 13.3. The average molecular weight is 305 g/mol. The number of hydrogen-bond donors (Lipinski definition) is 0. The Morgan fingerprint density at radius 2 is 2.00 bits per heavy atom. The Bertz CT molecular complexity index is 823. The summed E-state index contributed by atoms with van der Waals surface area (Å²) in [4.78, 5) is 11.9. The van der Waals surface area contributed by atoms with E-state index in [1.165, 1.54) is 12.1 Å². The molecule has 3 rings (SSSR count). The Morgan fingerprint density at radius 1 is 1.20 bits per heavy atom. The highest BCUT2D eigenvalue weighted by Gasteiger charge is 2.12. The van der Waals surface area contributed by atoms with Gasteiger partial charge in [0.05, 0.1) is 0 Å². The predicted molar refractivity (Wildman–Crippen MR) is 82.4 cm³/mol. The molecule has 0 spiro atoms. The van der Waals surface area contributed by atoms with Gasteiger partial charge in [-0.05, 0) is 59.8 Å². The van der Waals surface area contributed by atoms with Gasteiger partial charge in [-0.2, -0.15) is 0 Å². The standard InChI is InChI=1S/C16H10ClFOS/c1-9-14-7-13(18)2-3-15(14)20-16(9)11-4-10(8-19)5-12(17)6-11/h2-8H,1H3. The zero-order valence-electron chi connectivity index (χ0n) is 10.6. The first-order valence-electron chi connectivity index (χ1n) is 6.03. The second-order valence-corrected chi connectivity index (χ2v) is 6.08. The molecule has 1 nitrogen and oxygen atoms in total. The van der Waals surface area contributed by atoms with Gasteiger partial charge in [-0.1, -0.05) is 11.6 Å². The molecule has 0 bridgehead atoms. The van der Waals surface area contributed by atoms with Gasteiger partial charge in [0, 0.05) is 20.2 Å². The Hall–Kier alpha value is -1.71. The van der Waals surface area contributed by atoms with Crippen molar-refractivity contribution in [1.82, 2.24) is 0 Å². The molecule has 0 unspecified atom stereocenters. The minimum absolute atomic E-state index is 0.246. The quantitative estimate of drug-likeness (QED) is 0.573. The van der Waals surface area contributed by atoms with Crippen molar-refractivity contribution in [2.24, 2.45) is 0 Å². The fourth-order valence-corrected chi connectivity index (χ4v) is 3.70. The molecule has 0 saturated heterocycles. The van der Waals surface area contributed by atoms with Gasteiger partial charge in [-0.15, -0.1) is 11.3 Å². The second-order valence-electron chi connectivity index (χ2n) is 4.59. The van der Waals surface area contributed by atoms with Gasteiger partial charge in [0.25, 0.3) is 0 Å². The minimum atomic E-state index is -0.246. The van der Waals surface area contributed by atoms with Gasteiger partial charge in [0.1, 0.15) is 12.1 Å². The molecule has 100 valence electrons. The van der Waals surface area contributed by atoms with E-state index < -0.39 is 0 Å². The number of aldehydes is 1. The van der Waals surface area contributed by atoms with Crippen molar-refractivity contribution in [3.63, 3.8) is 0 Å². The van der Waals surface area contributed by atoms with Crippen LogP contribution in [0, 0.1) is 12.7 Å². The Kier molecular flexibility index (Phi) is 3.32. The summed E-state index contributed by atoms with van der Waals surface area (Å²) >= 11 is 7.61. The summed E-state index contributed by atoms with van der Waals surface area (Å²) in [6, 6.07) is 10.0. The Balaban J connectivity index is 2.26. The molecule has 0 radical (unpaired) electrons. The molecule has 0 atom stereocenters. The number of halogens is 2. The second kappa shape index (κ2) is 5.00. The molecule has 0 aliphatic carbocycles. The maximum absolute atomic E-state index is 13.3. The Labute approximate surface area is 124 Å². The molecule has 2 aromatic carbocycles. The lowest BCUT2D eigenvalue weighted by molar-refractivity contribution is 0.112. The van der Waals surface area contributed by atoms with Crippen molar-refractivity contribution in [2.75, 3.05) is 0 Å². The number of hydrogen-bond acceptors (Lipinski definition) is 2. The predicted octanol–water partition coefficient (Wildman–Crippen LogP) is 5.48. The highest BCUT2D eigenvalue weighted by Crippen LogP contribution is 2.39. The van der Waals surface area contributed by atoms with Crippen LogP contribution in [-0.4, -0.2) is 6.29 Å². The van der Waals surface area contributed by atoms with Gasteiger partial charge >= 0.3 is 0 Å². The first kappa shape index (κ1) is 13.3. The number of fused-ring (bicyclic) bond motifs is 1. The van der Waals surface area contributed by atoms with Crippen LogP contribution < -0.4 is 0 Å². The Morgan fingerprint density at radius 3 is 2.75 bits per heavy atom. The van der Waals surface area contributed by atoms with Crippen LogP contribution in [0.15, 0.2) is 36.4 Å². The molecule has 0 aliphatic heterocycles. The first-order valence-corrected chi connectivity index (χ1v) is 7.23. The van der Waals surface area contributed by atoms with Crippen molar-refractivity contribution in [3.05, 3.63) is 58.4 Å². The van der Waals surface area contributed by atoms with Crippen molar-refractivity contribution >= 4 is 39.3 Å². The molecule has 20 heavy (non-hydrogen) atoms. The molecular weight excluding hydrogens is 295 g/mol. The largest absolute Gasteiger partial charge is 0.298 e. The van der Waals surface area contributed by atoms with Crippen molar-refractivity contribution < 1.29 is 9.18 Å². The number of aryl methyl sites for hydroxylation is 1. The van der Waals surface area contributed by atoms with Gasteiger partial charge < -0.3 is 0 Å². The highest BCUT2D eigenvalue weighted by molar-refractivity contribution is 7.22. The third-order valence-corrected chi connectivity index (χ3v) is 4.76. The van der Waals surface area contributed by atoms with Crippen LogP contribution in [0.2, 0.25) is 5.02 Å². The molecular formula is C16H10ClFOS. The zero-order valence-corrected chi connectivity index (χ0v) is 12.2. The van der Waals surface area contributed by atoms with E-state index in [1.54, 1.807) is 29.5 Å². The monoisotopic (exact) mass is 304 g/mol. The number of benzene rings is 2. The van der Waals surface area contributed by atoms with Crippen LogP contribution in [0.5, 0.6) is 0 Å². The van der Waals surface area contributed by atoms with E-state index >= 15 is 0 Å². The van der Waals surface area contributed by atoms with Crippen LogP contribution in [0.25, 0.3) is 20.5 Å². The smallest absolute Gasteiger partial charge is 0.150 e. The van der Waals surface area contributed by atoms with Gasteiger partial charge in [-0.3, -0.25) is 4.79 Å². The molecule has 1 heterocycles. The van der Waals surface area contributed by atoms with E-state index in [-0.39, 0.29) is 5.82 Å². The summed E-state index contributed by atoms with van der Waals surface area (Å²) in [6.07, 6.45) is 0.775. The molecule has 0 N–H and O–H groups in total. The van der Waals surface area contributed by atoms with Crippen LogP contribution in [0.4, 0.5) is 4.39 Å². The number of rotatable bonds is 2. The molecule has 0 amide bonds. The van der Waals surface area contributed by atoms with E-state index in [9.17, 15) is 9.18 Å². The van der Waals surface area contributed by atoms with Gasteiger partial charge in [-0.25, -0.2) is 4.39 Å². The first-order chi connectivity index (χ1) is 9.58. The molecule has 0 saturated carbocycles.